The Balaban J connectivity index is 1.62. The summed E-state index contributed by atoms with van der Waals surface area (Å²) in [7, 11) is 0. The van der Waals surface area contributed by atoms with Crippen LogP contribution in [0.1, 0.15) is 12.5 Å². The van der Waals surface area contributed by atoms with Gasteiger partial charge in [-0.25, -0.2) is 0 Å². The quantitative estimate of drug-likeness (QED) is 0.711. The normalized spacial score (nSPS) is 11.8. The van der Waals surface area contributed by atoms with Crippen LogP contribution in [0.4, 0.5) is 5.13 Å². The number of halogens is 1. The van der Waals surface area contributed by atoms with Crippen molar-refractivity contribution in [3.05, 3.63) is 59.1 Å². The Hall–Kier alpha value is -2.44. The van der Waals surface area contributed by atoms with E-state index in [1.165, 1.54) is 16.9 Å². The molecule has 128 valence electrons. The van der Waals surface area contributed by atoms with E-state index in [-0.39, 0.29) is 5.91 Å². The predicted molar refractivity (Wildman–Crippen MR) is 100 cm³/mol. The van der Waals surface area contributed by atoms with Crippen molar-refractivity contribution in [3.8, 4) is 16.3 Å². The van der Waals surface area contributed by atoms with Crippen LogP contribution in [0.15, 0.2) is 48.5 Å². The number of carbonyl (C=O) groups is 1. The molecule has 0 aliphatic heterocycles. The number of aromatic nitrogens is 2. The molecule has 7 heteroatoms. The largest absolute Gasteiger partial charge is 0.481 e. The zero-order chi connectivity index (χ0) is 17.8. The van der Waals surface area contributed by atoms with Crippen molar-refractivity contribution in [3.63, 3.8) is 0 Å². The average molecular weight is 374 g/mol. The van der Waals surface area contributed by atoms with Crippen molar-refractivity contribution in [2.24, 2.45) is 0 Å². The van der Waals surface area contributed by atoms with Crippen LogP contribution >= 0.6 is 22.9 Å². The molecule has 0 aliphatic carbocycles. The van der Waals surface area contributed by atoms with Crippen molar-refractivity contribution in [2.75, 3.05) is 5.32 Å². The van der Waals surface area contributed by atoms with Gasteiger partial charge in [0, 0.05) is 10.6 Å². The maximum atomic E-state index is 12.3. The van der Waals surface area contributed by atoms with Crippen molar-refractivity contribution in [1.29, 1.82) is 0 Å². The van der Waals surface area contributed by atoms with E-state index in [2.05, 4.69) is 15.5 Å². The molecule has 3 aromatic rings. The summed E-state index contributed by atoms with van der Waals surface area (Å²) in [6.07, 6.45) is -0.673. The summed E-state index contributed by atoms with van der Waals surface area (Å²) in [6.45, 7) is 3.70. The molecule has 0 aliphatic rings. The highest BCUT2D eigenvalue weighted by Gasteiger charge is 2.17. The molecule has 1 aromatic heterocycles. The molecule has 25 heavy (non-hydrogen) atoms. The van der Waals surface area contributed by atoms with E-state index in [1.54, 1.807) is 31.2 Å². The van der Waals surface area contributed by atoms with Crippen LogP contribution < -0.4 is 10.1 Å². The number of carbonyl (C=O) groups excluding carboxylic acids is 1. The Morgan fingerprint density at radius 3 is 2.48 bits per heavy atom. The summed E-state index contributed by atoms with van der Waals surface area (Å²) in [5, 5.41) is 12.7. The summed E-state index contributed by atoms with van der Waals surface area (Å²) in [5.74, 6) is 0.284. The Labute approximate surface area is 154 Å². The van der Waals surface area contributed by atoms with Crippen LogP contribution in [0, 0.1) is 6.92 Å². The first-order valence-electron chi connectivity index (χ1n) is 7.65. The minimum absolute atomic E-state index is 0.290. The molecule has 0 spiro atoms. The zero-order valence-corrected chi connectivity index (χ0v) is 15.3. The third kappa shape index (κ3) is 4.55. The standard InChI is InChI=1S/C18H16ClN3O2S/c1-11-3-5-13(6-4-11)17-21-22-18(25-17)20-16(23)12(2)24-15-9-7-14(19)8-10-15/h3-10,12H,1-2H3,(H,20,22,23)/t12-/m0/s1. The van der Waals surface area contributed by atoms with Crippen LogP contribution in [0.2, 0.25) is 5.02 Å². The van der Waals surface area contributed by atoms with Gasteiger partial charge < -0.3 is 4.74 Å². The molecule has 1 amide bonds. The third-order valence-electron chi connectivity index (χ3n) is 3.45. The highest BCUT2D eigenvalue weighted by atomic mass is 35.5. The molecule has 0 unspecified atom stereocenters. The number of benzene rings is 2. The maximum absolute atomic E-state index is 12.3. The summed E-state index contributed by atoms with van der Waals surface area (Å²) < 4.78 is 5.59. The number of ether oxygens (including phenoxy) is 1. The lowest BCUT2D eigenvalue weighted by Crippen LogP contribution is -2.30. The molecule has 0 fully saturated rings. The molecular weight excluding hydrogens is 358 g/mol. The number of amides is 1. The molecule has 1 heterocycles. The fourth-order valence-electron chi connectivity index (χ4n) is 2.06. The maximum Gasteiger partial charge on any atom is 0.266 e. The summed E-state index contributed by atoms with van der Waals surface area (Å²) in [4.78, 5) is 12.3. The molecule has 0 saturated carbocycles. The number of hydrogen-bond donors (Lipinski definition) is 1. The molecule has 0 saturated heterocycles. The van der Waals surface area contributed by atoms with E-state index >= 15 is 0 Å². The molecule has 1 atom stereocenters. The first kappa shape index (κ1) is 17.4. The lowest BCUT2D eigenvalue weighted by molar-refractivity contribution is -0.122. The average Bonchev–Trinajstić information content (AvgIpc) is 3.06. The zero-order valence-electron chi connectivity index (χ0n) is 13.7. The van der Waals surface area contributed by atoms with Gasteiger partial charge in [0.25, 0.3) is 5.91 Å². The number of rotatable bonds is 5. The van der Waals surface area contributed by atoms with Gasteiger partial charge in [-0.2, -0.15) is 0 Å². The second-order valence-corrected chi connectivity index (χ2v) is 6.90. The third-order valence-corrected chi connectivity index (χ3v) is 4.59. The van der Waals surface area contributed by atoms with E-state index in [0.29, 0.717) is 15.9 Å². The minimum atomic E-state index is -0.673. The first-order valence-corrected chi connectivity index (χ1v) is 8.84. The highest BCUT2D eigenvalue weighted by Crippen LogP contribution is 2.26. The first-order chi connectivity index (χ1) is 12.0. The molecular formula is C18H16ClN3O2S. The second-order valence-electron chi connectivity index (χ2n) is 5.48. The lowest BCUT2D eigenvalue weighted by atomic mass is 10.2. The van der Waals surface area contributed by atoms with Gasteiger partial charge in [0.2, 0.25) is 5.13 Å². The smallest absolute Gasteiger partial charge is 0.266 e. The fraction of sp³-hybridized carbons (Fsp3) is 0.167. The minimum Gasteiger partial charge on any atom is -0.481 e. The van der Waals surface area contributed by atoms with Gasteiger partial charge in [-0.05, 0) is 38.1 Å². The second kappa shape index (κ2) is 7.63. The Kier molecular flexibility index (Phi) is 5.31. The van der Waals surface area contributed by atoms with Crippen LogP contribution in [0.3, 0.4) is 0 Å². The van der Waals surface area contributed by atoms with E-state index in [9.17, 15) is 4.79 Å². The number of hydrogen-bond acceptors (Lipinski definition) is 5. The Morgan fingerprint density at radius 2 is 1.80 bits per heavy atom. The van der Waals surface area contributed by atoms with Gasteiger partial charge in [0.1, 0.15) is 10.8 Å². The Bertz CT molecular complexity index is 863. The van der Waals surface area contributed by atoms with Crippen LogP contribution in [0.25, 0.3) is 10.6 Å². The van der Waals surface area contributed by atoms with Crippen molar-refractivity contribution < 1.29 is 9.53 Å². The fourth-order valence-corrected chi connectivity index (χ4v) is 2.94. The van der Waals surface area contributed by atoms with E-state index in [0.717, 1.165) is 10.6 Å². The predicted octanol–water partition coefficient (Wildman–Crippen LogP) is 4.57. The molecule has 0 bridgehead atoms. The van der Waals surface area contributed by atoms with Gasteiger partial charge in [0.05, 0.1) is 0 Å². The topological polar surface area (TPSA) is 64.1 Å². The Morgan fingerprint density at radius 1 is 1.12 bits per heavy atom. The monoisotopic (exact) mass is 373 g/mol. The number of nitrogens with one attached hydrogen (secondary N) is 1. The number of nitrogens with zero attached hydrogens (tertiary/aromatic N) is 2. The van der Waals surface area contributed by atoms with Crippen LogP contribution in [-0.2, 0) is 4.79 Å². The van der Waals surface area contributed by atoms with Crippen molar-refractivity contribution >= 4 is 34.0 Å². The summed E-state index contributed by atoms with van der Waals surface area (Å²) in [5.41, 5.74) is 2.14. The highest BCUT2D eigenvalue weighted by molar-refractivity contribution is 7.18. The van der Waals surface area contributed by atoms with Crippen molar-refractivity contribution in [1.82, 2.24) is 10.2 Å². The van der Waals surface area contributed by atoms with Crippen LogP contribution in [0.5, 0.6) is 5.75 Å². The number of aryl methyl sites for hydroxylation is 1. The molecule has 1 N–H and O–H groups in total. The number of anilines is 1. The summed E-state index contributed by atoms with van der Waals surface area (Å²) >= 11 is 7.15. The van der Waals surface area contributed by atoms with Gasteiger partial charge in [-0.1, -0.05) is 52.8 Å². The van der Waals surface area contributed by atoms with Gasteiger partial charge in [0.15, 0.2) is 6.10 Å². The van der Waals surface area contributed by atoms with Crippen molar-refractivity contribution in [2.45, 2.75) is 20.0 Å². The van der Waals surface area contributed by atoms with E-state index in [4.69, 9.17) is 16.3 Å². The van der Waals surface area contributed by atoms with Gasteiger partial charge >= 0.3 is 0 Å². The SMILES string of the molecule is Cc1ccc(-c2nnc(NC(=O)[C@H](C)Oc3ccc(Cl)cc3)s2)cc1. The van der Waals surface area contributed by atoms with E-state index in [1.807, 2.05) is 31.2 Å². The molecule has 2 aromatic carbocycles. The lowest BCUT2D eigenvalue weighted by Gasteiger charge is -2.13. The van der Waals surface area contributed by atoms with Gasteiger partial charge in [-0.15, -0.1) is 10.2 Å². The molecule has 5 nitrogen and oxygen atoms in total. The molecule has 3 rings (SSSR count). The summed E-state index contributed by atoms with van der Waals surface area (Å²) in [6, 6.07) is 14.8. The van der Waals surface area contributed by atoms with E-state index < -0.39 is 6.10 Å². The van der Waals surface area contributed by atoms with Crippen LogP contribution in [-0.4, -0.2) is 22.2 Å². The van der Waals surface area contributed by atoms with Gasteiger partial charge in [-0.3, -0.25) is 10.1 Å². The molecule has 0 radical (unpaired) electrons.